The number of likely N-dealkylation sites (tertiary alicyclic amines) is 2. The van der Waals surface area contributed by atoms with Crippen LogP contribution < -0.4 is 10.6 Å². The minimum Gasteiger partial charge on any atom is -0.453 e. The van der Waals surface area contributed by atoms with E-state index < -0.39 is 30.1 Å². The number of methoxy groups -OCH3 is 2. The average molecular weight is 839 g/mol. The quantitative estimate of drug-likeness (QED) is 0.111. The van der Waals surface area contributed by atoms with E-state index >= 15 is 4.39 Å². The van der Waals surface area contributed by atoms with E-state index in [0.717, 1.165) is 18.4 Å². The highest BCUT2D eigenvalue weighted by Gasteiger charge is 2.39. The van der Waals surface area contributed by atoms with Gasteiger partial charge < -0.3 is 39.9 Å². The summed E-state index contributed by atoms with van der Waals surface area (Å²) < 4.78 is 25.7. The second-order valence-corrected chi connectivity index (χ2v) is 15.3. The van der Waals surface area contributed by atoms with Gasteiger partial charge in [0.15, 0.2) is 0 Å². The molecule has 0 spiro atoms. The summed E-state index contributed by atoms with van der Waals surface area (Å²) in [5, 5.41) is 5.33. The number of ether oxygens (including phenoxy) is 2. The van der Waals surface area contributed by atoms with Crippen molar-refractivity contribution in [3.05, 3.63) is 119 Å². The monoisotopic (exact) mass is 838 g/mol. The molecule has 3 aromatic carbocycles. The normalized spacial score (nSPS) is 16.7. The molecule has 2 fully saturated rings. The lowest BCUT2D eigenvalue weighted by Crippen LogP contribution is -2.51. The van der Waals surface area contributed by atoms with Crippen molar-refractivity contribution in [3.63, 3.8) is 0 Å². The minimum absolute atomic E-state index is 0.165. The number of amides is 4. The number of hydrogen-bond acceptors (Lipinski definition) is 8. The van der Waals surface area contributed by atoms with E-state index in [2.05, 4.69) is 54.3 Å². The molecule has 318 valence electrons. The fourth-order valence-corrected chi connectivity index (χ4v) is 7.93. The maximum absolute atomic E-state index is 16.2. The van der Waals surface area contributed by atoms with E-state index in [-0.39, 0.29) is 35.4 Å². The van der Waals surface area contributed by atoms with Gasteiger partial charge in [-0.15, -0.1) is 0 Å². The van der Waals surface area contributed by atoms with Gasteiger partial charge in [0.05, 0.1) is 50.0 Å². The van der Waals surface area contributed by atoms with Crippen LogP contribution in [0.3, 0.4) is 0 Å². The molecule has 7 rings (SSSR count). The van der Waals surface area contributed by atoms with Crippen LogP contribution >= 0.6 is 0 Å². The Morgan fingerprint density at radius 1 is 0.758 bits per heavy atom. The zero-order valence-corrected chi connectivity index (χ0v) is 34.8. The second kappa shape index (κ2) is 19.3. The predicted molar refractivity (Wildman–Crippen MR) is 228 cm³/mol. The maximum atomic E-state index is 16.2. The molecule has 2 aliphatic heterocycles. The van der Waals surface area contributed by atoms with Crippen LogP contribution in [0.25, 0.3) is 22.4 Å². The summed E-state index contributed by atoms with van der Waals surface area (Å²) in [4.78, 5) is 70.9. The van der Waals surface area contributed by atoms with Gasteiger partial charge in [0, 0.05) is 24.2 Å². The average Bonchev–Trinajstić information content (AvgIpc) is 4.14. The zero-order chi connectivity index (χ0) is 43.8. The van der Waals surface area contributed by atoms with Crippen molar-refractivity contribution in [1.29, 1.82) is 0 Å². The Morgan fingerprint density at radius 2 is 1.35 bits per heavy atom. The van der Waals surface area contributed by atoms with Crippen LogP contribution in [-0.2, 0) is 19.1 Å². The number of alkyl carbamates (subject to hydrolysis) is 2. The van der Waals surface area contributed by atoms with Crippen LogP contribution in [0, 0.1) is 35.4 Å². The highest BCUT2D eigenvalue weighted by molar-refractivity contribution is 5.88. The number of carbonyl (C=O) groups excluding carboxylic acids is 4. The molecule has 62 heavy (non-hydrogen) atoms. The third-order valence-corrected chi connectivity index (χ3v) is 11.0. The summed E-state index contributed by atoms with van der Waals surface area (Å²) in [7, 11) is 2.51. The number of imidazole rings is 2. The van der Waals surface area contributed by atoms with Gasteiger partial charge in [-0.25, -0.2) is 23.9 Å². The summed E-state index contributed by atoms with van der Waals surface area (Å²) in [6.07, 6.45) is 4.64. The Morgan fingerprint density at radius 3 is 2.02 bits per heavy atom. The smallest absolute Gasteiger partial charge is 0.407 e. The fraction of sp³-hybridized carbons (Fsp3) is 0.319. The summed E-state index contributed by atoms with van der Waals surface area (Å²) in [6.45, 7) is 4.70. The topological polar surface area (TPSA) is 175 Å². The molecule has 4 unspecified atom stereocenters. The molecule has 2 aliphatic rings. The van der Waals surface area contributed by atoms with Crippen LogP contribution in [0.5, 0.6) is 0 Å². The third kappa shape index (κ3) is 9.48. The summed E-state index contributed by atoms with van der Waals surface area (Å²) >= 11 is 0. The number of halogens is 1. The first-order valence-electron chi connectivity index (χ1n) is 20.4. The summed E-state index contributed by atoms with van der Waals surface area (Å²) in [5.41, 5.74) is 3.68. The van der Waals surface area contributed by atoms with E-state index in [1.54, 1.807) is 46.5 Å². The van der Waals surface area contributed by atoms with E-state index in [9.17, 15) is 19.2 Å². The summed E-state index contributed by atoms with van der Waals surface area (Å²) in [6, 6.07) is 19.1. The molecule has 4 N–H and O–H groups in total. The second-order valence-electron chi connectivity index (χ2n) is 15.3. The minimum atomic E-state index is -0.942. The maximum Gasteiger partial charge on any atom is 0.407 e. The van der Waals surface area contributed by atoms with Crippen molar-refractivity contribution in [2.24, 2.45) is 5.92 Å². The van der Waals surface area contributed by atoms with Crippen molar-refractivity contribution in [2.75, 3.05) is 27.3 Å². The van der Waals surface area contributed by atoms with Crippen molar-refractivity contribution >= 4 is 24.0 Å². The number of aromatic amines is 2. The van der Waals surface area contributed by atoms with Gasteiger partial charge in [-0.1, -0.05) is 74.5 Å². The van der Waals surface area contributed by atoms with Gasteiger partial charge >= 0.3 is 12.2 Å². The molecule has 4 heterocycles. The molecule has 0 bridgehead atoms. The molecule has 0 radical (unpaired) electrons. The molecule has 2 saturated heterocycles. The van der Waals surface area contributed by atoms with Gasteiger partial charge in [0.2, 0.25) is 5.91 Å². The highest BCUT2D eigenvalue weighted by Crippen LogP contribution is 2.36. The lowest BCUT2D eigenvalue weighted by atomic mass is 9.96. The van der Waals surface area contributed by atoms with Crippen LogP contribution in [0.2, 0.25) is 0 Å². The van der Waals surface area contributed by atoms with E-state index in [0.29, 0.717) is 65.7 Å². The van der Waals surface area contributed by atoms with Crippen LogP contribution in [0.1, 0.15) is 86.1 Å². The number of nitrogens with zero attached hydrogens (tertiary/aromatic N) is 4. The molecule has 14 nitrogen and oxygen atoms in total. The van der Waals surface area contributed by atoms with E-state index in [1.165, 1.54) is 20.3 Å². The number of carbonyl (C=O) groups is 4. The molecular formula is C47H47FN8O6. The van der Waals surface area contributed by atoms with Crippen LogP contribution in [0.15, 0.2) is 85.2 Å². The molecule has 4 amide bonds. The Bertz CT molecular complexity index is 2550. The van der Waals surface area contributed by atoms with Crippen molar-refractivity contribution in [1.82, 2.24) is 40.4 Å². The largest absolute Gasteiger partial charge is 0.453 e. The van der Waals surface area contributed by atoms with Crippen molar-refractivity contribution < 1.29 is 33.0 Å². The molecule has 0 saturated carbocycles. The van der Waals surface area contributed by atoms with Crippen molar-refractivity contribution in [3.8, 4) is 46.1 Å². The van der Waals surface area contributed by atoms with Crippen molar-refractivity contribution in [2.45, 2.75) is 63.7 Å². The Balaban J connectivity index is 1.10. The SMILES string of the molecule is COC(=O)NC(C(=O)N1CCCC1c1ncc(C#CC#Cc2c(F)cc(-c3cnc(C4CCCN4C(=O)C(NC(=O)OC)C(C)C)[nH]3)cc2-c2ccccc2)[nH]1)c1ccccc1. The van der Waals surface area contributed by atoms with Crippen LogP contribution in [-0.4, -0.2) is 87.1 Å². The number of rotatable bonds is 10. The first kappa shape index (κ1) is 42.7. The Kier molecular flexibility index (Phi) is 13.3. The fourth-order valence-electron chi connectivity index (χ4n) is 7.93. The molecular weight excluding hydrogens is 792 g/mol. The third-order valence-electron chi connectivity index (χ3n) is 11.0. The highest BCUT2D eigenvalue weighted by atomic mass is 19.1. The number of benzene rings is 3. The molecule has 4 atom stereocenters. The number of hydrogen-bond donors (Lipinski definition) is 4. The standard InChI is InChI=1S/C47H47FN8O6/c1-29(2)40(53-46(59)61-3)44(57)55-23-14-22-39(55)43-50-28-37(52-43)32-25-35(30-15-7-5-8-16-30)34(36(48)26-32)20-12-11-19-33-27-49-42(51-33)38-21-13-24-56(38)45(58)41(54-47(60)62-4)31-17-9-6-10-18-31/h5-10,15-18,25-29,38-41H,13-14,21-24H2,1-4H3,(H,49,51)(H,50,52)(H,53,59)(H,54,60). The molecule has 0 aliphatic carbocycles. The molecule has 2 aromatic heterocycles. The van der Waals surface area contributed by atoms with Gasteiger partial charge in [-0.2, -0.15) is 0 Å². The predicted octanol–water partition coefficient (Wildman–Crippen LogP) is 6.81. The first-order valence-corrected chi connectivity index (χ1v) is 20.4. The number of aromatic nitrogens is 4. The number of H-pyrrole nitrogens is 2. The van der Waals surface area contributed by atoms with Gasteiger partial charge in [0.25, 0.3) is 5.91 Å². The van der Waals surface area contributed by atoms with Gasteiger partial charge in [-0.3, -0.25) is 9.59 Å². The molecule has 15 heteroatoms. The zero-order valence-electron chi connectivity index (χ0n) is 34.8. The Hall–Kier alpha value is -7.39. The first-order chi connectivity index (χ1) is 30.1. The lowest BCUT2D eigenvalue weighted by Gasteiger charge is -2.30. The van der Waals surface area contributed by atoms with Gasteiger partial charge in [0.1, 0.15) is 35.2 Å². The van der Waals surface area contributed by atoms with Crippen LogP contribution in [0.4, 0.5) is 14.0 Å². The lowest BCUT2D eigenvalue weighted by molar-refractivity contribution is -0.135. The Labute approximate surface area is 359 Å². The number of nitrogens with one attached hydrogen (secondary N) is 4. The summed E-state index contributed by atoms with van der Waals surface area (Å²) in [5.74, 6) is 11.4. The van der Waals surface area contributed by atoms with E-state index in [4.69, 9.17) is 9.47 Å². The van der Waals surface area contributed by atoms with Gasteiger partial charge in [-0.05, 0) is 78.5 Å². The molecule has 5 aromatic rings. The van der Waals surface area contributed by atoms with E-state index in [1.807, 2.05) is 56.3 Å².